The number of rotatable bonds is 7. The van der Waals surface area contributed by atoms with Gasteiger partial charge in [-0.2, -0.15) is 5.10 Å². The fourth-order valence-electron chi connectivity index (χ4n) is 9.37. The van der Waals surface area contributed by atoms with E-state index in [-0.39, 0.29) is 17.0 Å². The lowest BCUT2D eigenvalue weighted by atomic mass is 9.57. The molecule has 5 aromatic rings. The van der Waals surface area contributed by atoms with Crippen LogP contribution in [-0.4, -0.2) is 52.7 Å². The molecule has 11 heteroatoms. The molecule has 1 amide bonds. The van der Waals surface area contributed by atoms with Gasteiger partial charge in [-0.3, -0.25) is 14.5 Å². The van der Waals surface area contributed by atoms with Gasteiger partial charge in [0.1, 0.15) is 5.82 Å². The first kappa shape index (κ1) is 31.2. The highest BCUT2D eigenvalue weighted by molar-refractivity contribution is 6.05. The van der Waals surface area contributed by atoms with E-state index in [1.807, 2.05) is 48.4 Å². The second kappa shape index (κ2) is 12.1. The van der Waals surface area contributed by atoms with Crippen LogP contribution in [0.3, 0.4) is 0 Å². The Bertz CT molecular complexity index is 2030. The van der Waals surface area contributed by atoms with E-state index in [2.05, 4.69) is 33.8 Å². The average molecular weight is 659 g/mol. The van der Waals surface area contributed by atoms with Gasteiger partial charge in [-0.1, -0.05) is 26.0 Å². The van der Waals surface area contributed by atoms with Crippen LogP contribution in [0.4, 0.5) is 11.6 Å². The lowest BCUT2D eigenvalue weighted by molar-refractivity contribution is 0.00176. The number of carboxylic acid groups (broad SMARTS) is 1. The first-order valence-corrected chi connectivity index (χ1v) is 17.4. The summed E-state index contributed by atoms with van der Waals surface area (Å²) in [6.07, 6.45) is 15.7. The number of carbonyl (C=O) groups is 2. The summed E-state index contributed by atoms with van der Waals surface area (Å²) >= 11 is 0. The predicted molar refractivity (Wildman–Crippen MR) is 187 cm³/mol. The van der Waals surface area contributed by atoms with E-state index in [1.54, 1.807) is 29.2 Å². The van der Waals surface area contributed by atoms with Crippen molar-refractivity contribution in [3.8, 4) is 11.1 Å². The molecule has 0 spiro atoms. The summed E-state index contributed by atoms with van der Waals surface area (Å²) in [7, 11) is 0. The maximum atomic E-state index is 13.5. The van der Waals surface area contributed by atoms with Crippen molar-refractivity contribution in [2.45, 2.75) is 72.4 Å². The van der Waals surface area contributed by atoms with Gasteiger partial charge in [0.25, 0.3) is 5.91 Å². The summed E-state index contributed by atoms with van der Waals surface area (Å²) < 4.78 is 3.91. The van der Waals surface area contributed by atoms with Gasteiger partial charge in [0, 0.05) is 54.4 Å². The molecule has 2 atom stereocenters. The third-order valence-corrected chi connectivity index (χ3v) is 11.1. The topological polar surface area (TPSA) is 131 Å². The lowest BCUT2D eigenvalue weighted by Crippen LogP contribution is -2.42. The van der Waals surface area contributed by atoms with Crippen molar-refractivity contribution < 1.29 is 14.7 Å². The minimum Gasteiger partial charge on any atom is -0.476 e. The zero-order chi connectivity index (χ0) is 33.9. The number of amides is 1. The van der Waals surface area contributed by atoms with Gasteiger partial charge in [0.05, 0.1) is 18.6 Å². The monoisotopic (exact) mass is 658 g/mol. The number of anilines is 2. The molecule has 0 saturated heterocycles. The number of hydrogen-bond donors (Lipinski definition) is 2. The lowest BCUT2D eigenvalue weighted by Gasteiger charge is -2.50. The molecule has 8 rings (SSSR count). The van der Waals surface area contributed by atoms with Gasteiger partial charge >= 0.3 is 5.97 Å². The summed E-state index contributed by atoms with van der Waals surface area (Å²) in [6.45, 7) is 8.78. The number of hydrogen-bond acceptors (Lipinski definition) is 7. The van der Waals surface area contributed by atoms with Gasteiger partial charge in [0.2, 0.25) is 0 Å². The first-order valence-electron chi connectivity index (χ1n) is 17.4. The van der Waals surface area contributed by atoms with Crippen molar-refractivity contribution in [1.29, 1.82) is 0 Å². The van der Waals surface area contributed by atoms with Crippen LogP contribution in [-0.2, 0) is 19.5 Å². The van der Waals surface area contributed by atoms with Gasteiger partial charge in [-0.25, -0.2) is 14.8 Å². The molecule has 2 fully saturated rings. The molecule has 3 aliphatic rings. The number of nitrogens with zero attached hydrogens (tertiary/aromatic N) is 7. The molecule has 2 aliphatic carbocycles. The normalized spacial score (nSPS) is 23.3. The number of nitrogens with one attached hydrogen (secondary N) is 1. The molecule has 49 heavy (non-hydrogen) atoms. The maximum absolute atomic E-state index is 13.5. The summed E-state index contributed by atoms with van der Waals surface area (Å²) in [5, 5.41) is 18.1. The number of carbonyl (C=O) groups excluding carboxylic acids is 1. The number of aromatic nitrogens is 6. The number of fused-ring (bicyclic) bond motifs is 4. The van der Waals surface area contributed by atoms with Crippen molar-refractivity contribution in [2.24, 2.45) is 23.2 Å². The third-order valence-electron chi connectivity index (χ3n) is 11.1. The SMILES string of the molecule is Cc1c(-c2ccc(N3CCc4cccc(C(=O)Nc5cn6ccncc6n5)c4C3)nc2C(=O)O)cnn1CC12CC(C)CC(CC(C)C1)C2. The number of carboxylic acids is 1. The molecule has 2 N–H and O–H groups in total. The van der Waals surface area contributed by atoms with Crippen molar-refractivity contribution in [3.05, 3.63) is 89.4 Å². The second-order valence-corrected chi connectivity index (χ2v) is 14.9. The van der Waals surface area contributed by atoms with Gasteiger partial charge in [-0.15, -0.1) is 0 Å². The summed E-state index contributed by atoms with van der Waals surface area (Å²) in [5.74, 6) is 1.91. The van der Waals surface area contributed by atoms with E-state index in [9.17, 15) is 14.7 Å². The predicted octanol–water partition coefficient (Wildman–Crippen LogP) is 6.66. The Hall–Kier alpha value is -5.06. The summed E-state index contributed by atoms with van der Waals surface area (Å²) in [4.78, 5) is 41.5. The van der Waals surface area contributed by atoms with Gasteiger partial charge < -0.3 is 19.7 Å². The summed E-state index contributed by atoms with van der Waals surface area (Å²) in [6, 6.07) is 9.52. The van der Waals surface area contributed by atoms with Gasteiger partial charge in [-0.05, 0) is 97.9 Å². The van der Waals surface area contributed by atoms with Gasteiger partial charge in [0.15, 0.2) is 17.2 Å². The molecule has 2 unspecified atom stereocenters. The molecular formula is C38H42N8O3. The Balaban J connectivity index is 1.04. The minimum atomic E-state index is -1.08. The molecular weight excluding hydrogens is 616 g/mol. The van der Waals surface area contributed by atoms with E-state index in [1.165, 1.54) is 32.1 Å². The first-order chi connectivity index (χ1) is 23.6. The molecule has 2 bridgehead atoms. The number of pyridine rings is 1. The smallest absolute Gasteiger partial charge is 0.355 e. The van der Waals surface area contributed by atoms with Crippen molar-refractivity contribution in [2.75, 3.05) is 16.8 Å². The van der Waals surface area contributed by atoms with Crippen molar-refractivity contribution in [3.63, 3.8) is 0 Å². The fourth-order valence-corrected chi connectivity index (χ4v) is 9.37. The fraction of sp³-hybridized carbons (Fsp3) is 0.421. The molecule has 11 nitrogen and oxygen atoms in total. The Morgan fingerprint density at radius 3 is 2.61 bits per heavy atom. The highest BCUT2D eigenvalue weighted by atomic mass is 16.4. The zero-order valence-corrected chi connectivity index (χ0v) is 28.3. The maximum Gasteiger partial charge on any atom is 0.355 e. The van der Waals surface area contributed by atoms with E-state index < -0.39 is 5.97 Å². The number of benzene rings is 1. The van der Waals surface area contributed by atoms with Crippen LogP contribution >= 0.6 is 0 Å². The summed E-state index contributed by atoms with van der Waals surface area (Å²) in [5.41, 5.74) is 5.79. The Labute approximate surface area is 285 Å². The Morgan fingerprint density at radius 1 is 1.02 bits per heavy atom. The minimum absolute atomic E-state index is 0.00844. The number of imidazole rings is 1. The highest BCUT2D eigenvalue weighted by Gasteiger charge is 2.44. The molecule has 252 valence electrons. The third kappa shape index (κ3) is 5.85. The largest absolute Gasteiger partial charge is 0.476 e. The van der Waals surface area contributed by atoms with Crippen LogP contribution in [0.2, 0.25) is 0 Å². The van der Waals surface area contributed by atoms with E-state index in [0.717, 1.165) is 46.7 Å². The molecule has 1 aromatic carbocycles. The average Bonchev–Trinajstić information content (AvgIpc) is 3.64. The Morgan fingerprint density at radius 2 is 1.84 bits per heavy atom. The highest BCUT2D eigenvalue weighted by Crippen LogP contribution is 2.53. The van der Waals surface area contributed by atoms with Crippen LogP contribution < -0.4 is 10.2 Å². The molecule has 5 heterocycles. The molecule has 4 aromatic heterocycles. The quantitative estimate of drug-likeness (QED) is 0.199. The van der Waals surface area contributed by atoms with E-state index in [4.69, 9.17) is 10.1 Å². The van der Waals surface area contributed by atoms with Crippen molar-refractivity contribution in [1.82, 2.24) is 29.1 Å². The molecule has 0 radical (unpaired) electrons. The van der Waals surface area contributed by atoms with Crippen LogP contribution in [0.1, 0.15) is 83.6 Å². The van der Waals surface area contributed by atoms with Crippen LogP contribution in [0, 0.1) is 30.1 Å². The van der Waals surface area contributed by atoms with Crippen LogP contribution in [0.25, 0.3) is 16.8 Å². The van der Waals surface area contributed by atoms with Crippen LogP contribution in [0.5, 0.6) is 0 Å². The molecule has 1 aliphatic heterocycles. The number of aromatic carboxylic acids is 1. The van der Waals surface area contributed by atoms with E-state index >= 15 is 0 Å². The van der Waals surface area contributed by atoms with Crippen molar-refractivity contribution >= 4 is 29.2 Å². The van der Waals surface area contributed by atoms with Crippen LogP contribution in [0.15, 0.2) is 61.3 Å². The molecule has 2 saturated carbocycles. The van der Waals surface area contributed by atoms with E-state index in [0.29, 0.717) is 47.9 Å². The second-order valence-electron chi connectivity index (χ2n) is 14.9. The Kier molecular flexibility index (Phi) is 7.72. The standard InChI is InChI=1S/C38H42N8O3/c1-23-13-26-14-24(2)16-38(15-23,17-26)22-46-25(3)30(18-40-46)28-7-8-33(43-35(28)37(48)49)44-11-9-27-5-4-6-29(31(27)20-44)36(47)42-32-21-45-12-10-39-19-34(45)41-32/h4-8,10,12,18-19,21,23-24,26H,9,11,13-17,20,22H2,1-3H3,(H,42,47)(H,48,49). The zero-order valence-electron chi connectivity index (χ0n) is 28.3.